The predicted molar refractivity (Wildman–Crippen MR) is 170 cm³/mol. The van der Waals surface area contributed by atoms with Gasteiger partial charge in [0.05, 0.1) is 15.6 Å². The summed E-state index contributed by atoms with van der Waals surface area (Å²) < 4.78 is 25.8. The third-order valence-corrected chi connectivity index (χ3v) is 9.10. The molecule has 0 unspecified atom stereocenters. The fraction of sp³-hybridized carbons (Fsp3) is 0.314. The third kappa shape index (κ3) is 6.31. The summed E-state index contributed by atoms with van der Waals surface area (Å²) in [6, 6.07) is 19.7. The van der Waals surface area contributed by atoms with Crippen molar-refractivity contribution in [2.45, 2.75) is 64.6 Å². The van der Waals surface area contributed by atoms with E-state index < -0.39 is 5.92 Å². The van der Waals surface area contributed by atoms with Gasteiger partial charge in [0.25, 0.3) is 0 Å². The number of Topliss-reactive ketones (excluding diaryl/α,β-unsaturated/α-hetero) is 2. The molecule has 6 rings (SSSR count). The molecule has 0 saturated heterocycles. The molecular formula is C35H32Br2O6. The number of ketones is 2. The van der Waals surface area contributed by atoms with Crippen LogP contribution in [0.5, 0.6) is 17.2 Å². The SMILES string of the molecule is CCOc1cc(COc2c(Br)cc(C3C4=C(CCCC4=O)OC4=C3C(=O)CCC4)cc2Br)ccc1OCc1ccccc1. The molecule has 6 nitrogen and oxygen atoms in total. The van der Waals surface area contributed by atoms with Gasteiger partial charge in [-0.2, -0.15) is 0 Å². The molecule has 3 aromatic carbocycles. The van der Waals surface area contributed by atoms with Crippen molar-refractivity contribution in [2.75, 3.05) is 6.61 Å². The topological polar surface area (TPSA) is 71.1 Å². The van der Waals surface area contributed by atoms with Crippen molar-refractivity contribution >= 4 is 43.4 Å². The number of ether oxygens (including phenoxy) is 4. The highest BCUT2D eigenvalue weighted by molar-refractivity contribution is 9.11. The molecule has 1 heterocycles. The molecule has 0 saturated carbocycles. The Balaban J connectivity index is 1.24. The molecule has 2 aliphatic carbocycles. The van der Waals surface area contributed by atoms with Crippen LogP contribution in [0.15, 0.2) is 92.3 Å². The highest BCUT2D eigenvalue weighted by atomic mass is 79.9. The highest BCUT2D eigenvalue weighted by Crippen LogP contribution is 2.49. The number of halogens is 2. The molecule has 0 fully saturated rings. The zero-order valence-corrected chi connectivity index (χ0v) is 27.1. The summed E-state index contributed by atoms with van der Waals surface area (Å²) in [5.74, 6) is 3.11. The number of carbonyl (C=O) groups is 2. The molecule has 0 spiro atoms. The van der Waals surface area contributed by atoms with E-state index in [0.717, 1.165) is 50.0 Å². The lowest BCUT2D eigenvalue weighted by Gasteiger charge is -2.36. The molecule has 0 radical (unpaired) electrons. The fourth-order valence-corrected chi connectivity index (χ4v) is 7.41. The van der Waals surface area contributed by atoms with Crippen LogP contribution in [0, 0.1) is 0 Å². The van der Waals surface area contributed by atoms with Crippen molar-refractivity contribution in [1.29, 1.82) is 0 Å². The standard InChI is InChI=1S/C35H32Br2O6/c1-2-40-31-16-22(14-15-28(31)41-19-21-8-4-3-5-9-21)20-42-35-24(36)17-23(18-25(35)37)32-33-26(38)10-6-12-29(33)43-30-13-7-11-27(39)34(30)32/h3-5,8-9,14-18,32H,2,6-7,10-13,19-20H2,1H3. The van der Waals surface area contributed by atoms with E-state index in [1.807, 2.05) is 67.6 Å². The van der Waals surface area contributed by atoms with E-state index in [0.29, 0.717) is 73.9 Å². The van der Waals surface area contributed by atoms with E-state index in [1.165, 1.54) is 0 Å². The second kappa shape index (κ2) is 13.1. The largest absolute Gasteiger partial charge is 0.490 e. The Bertz CT molecular complexity index is 1560. The maximum absolute atomic E-state index is 13.2. The van der Waals surface area contributed by atoms with Crippen molar-refractivity contribution in [1.82, 2.24) is 0 Å². The zero-order valence-electron chi connectivity index (χ0n) is 23.9. The molecule has 3 aliphatic rings. The molecular weight excluding hydrogens is 676 g/mol. The smallest absolute Gasteiger partial charge is 0.163 e. The van der Waals surface area contributed by atoms with Crippen molar-refractivity contribution in [3.63, 3.8) is 0 Å². The summed E-state index contributed by atoms with van der Waals surface area (Å²) in [6.45, 7) is 3.20. The molecule has 0 aromatic heterocycles. The first kappa shape index (κ1) is 29.7. The monoisotopic (exact) mass is 706 g/mol. The van der Waals surface area contributed by atoms with Crippen LogP contribution in [0.4, 0.5) is 0 Å². The van der Waals surface area contributed by atoms with Crippen LogP contribution in [0.25, 0.3) is 0 Å². The molecule has 8 heteroatoms. The van der Waals surface area contributed by atoms with Crippen molar-refractivity contribution in [3.05, 3.63) is 109 Å². The maximum atomic E-state index is 13.2. The van der Waals surface area contributed by atoms with Gasteiger partial charge < -0.3 is 18.9 Å². The predicted octanol–water partition coefficient (Wildman–Crippen LogP) is 8.90. The lowest BCUT2D eigenvalue weighted by molar-refractivity contribution is -0.117. The quantitative estimate of drug-likeness (QED) is 0.221. The molecule has 0 N–H and O–H groups in total. The van der Waals surface area contributed by atoms with Crippen LogP contribution in [-0.2, 0) is 27.5 Å². The minimum absolute atomic E-state index is 0.0602. The van der Waals surface area contributed by atoms with Crippen LogP contribution >= 0.6 is 31.9 Å². The molecule has 0 atom stereocenters. The normalized spacial score (nSPS) is 16.9. The molecule has 43 heavy (non-hydrogen) atoms. The molecule has 0 amide bonds. The number of carbonyl (C=O) groups excluding carboxylic acids is 2. The van der Waals surface area contributed by atoms with Gasteiger partial charge in [-0.25, -0.2) is 0 Å². The Morgan fingerprint density at radius 3 is 1.98 bits per heavy atom. The van der Waals surface area contributed by atoms with E-state index in [2.05, 4.69) is 31.9 Å². The number of hydrogen-bond acceptors (Lipinski definition) is 6. The van der Waals surface area contributed by atoms with Crippen molar-refractivity contribution in [3.8, 4) is 17.2 Å². The Kier molecular flexibility index (Phi) is 9.05. The van der Waals surface area contributed by atoms with E-state index in [1.54, 1.807) is 0 Å². The first-order valence-corrected chi connectivity index (χ1v) is 16.3. The third-order valence-electron chi connectivity index (χ3n) is 7.92. The van der Waals surface area contributed by atoms with Crippen LogP contribution < -0.4 is 14.2 Å². The average Bonchev–Trinajstić information content (AvgIpc) is 3.00. The van der Waals surface area contributed by atoms with Crippen LogP contribution in [0.1, 0.15) is 68.1 Å². The zero-order chi connectivity index (χ0) is 29.9. The highest BCUT2D eigenvalue weighted by Gasteiger charge is 2.42. The van der Waals surface area contributed by atoms with E-state index in [-0.39, 0.29) is 11.6 Å². The number of rotatable bonds is 9. The second-order valence-corrected chi connectivity index (χ2v) is 12.6. The minimum atomic E-state index is -0.432. The van der Waals surface area contributed by atoms with Gasteiger partial charge >= 0.3 is 0 Å². The van der Waals surface area contributed by atoms with Gasteiger partial charge in [-0.1, -0.05) is 36.4 Å². The van der Waals surface area contributed by atoms with E-state index in [4.69, 9.17) is 18.9 Å². The van der Waals surface area contributed by atoms with Crippen molar-refractivity contribution < 1.29 is 28.5 Å². The summed E-state index contributed by atoms with van der Waals surface area (Å²) in [5, 5.41) is 0. The van der Waals surface area contributed by atoms with E-state index >= 15 is 0 Å². The summed E-state index contributed by atoms with van der Waals surface area (Å²) >= 11 is 7.41. The van der Waals surface area contributed by atoms with Gasteiger partial charge in [0.2, 0.25) is 0 Å². The van der Waals surface area contributed by atoms with Gasteiger partial charge in [-0.15, -0.1) is 0 Å². The van der Waals surface area contributed by atoms with Gasteiger partial charge in [-0.3, -0.25) is 9.59 Å². The first-order valence-electron chi connectivity index (χ1n) is 14.7. The summed E-state index contributed by atoms with van der Waals surface area (Å²) in [4.78, 5) is 26.3. The van der Waals surface area contributed by atoms with Gasteiger partial charge in [0.15, 0.2) is 23.1 Å². The first-order chi connectivity index (χ1) is 20.9. The van der Waals surface area contributed by atoms with Crippen LogP contribution in [0.3, 0.4) is 0 Å². The molecule has 3 aromatic rings. The Labute approximate surface area is 268 Å². The molecule has 0 bridgehead atoms. The summed E-state index contributed by atoms with van der Waals surface area (Å²) in [6.07, 6.45) is 3.91. The molecule has 1 aliphatic heterocycles. The summed E-state index contributed by atoms with van der Waals surface area (Å²) in [7, 11) is 0. The lowest BCUT2D eigenvalue weighted by Crippen LogP contribution is -2.30. The number of benzene rings is 3. The van der Waals surface area contributed by atoms with Gasteiger partial charge in [0, 0.05) is 42.7 Å². The lowest BCUT2D eigenvalue weighted by atomic mass is 9.73. The summed E-state index contributed by atoms with van der Waals surface area (Å²) in [5.41, 5.74) is 4.12. The van der Waals surface area contributed by atoms with Crippen LogP contribution in [-0.4, -0.2) is 18.2 Å². The Morgan fingerprint density at radius 2 is 1.35 bits per heavy atom. The maximum Gasteiger partial charge on any atom is 0.163 e. The van der Waals surface area contributed by atoms with Crippen LogP contribution in [0.2, 0.25) is 0 Å². The Hall–Kier alpha value is -3.36. The second-order valence-electron chi connectivity index (χ2n) is 10.9. The van der Waals surface area contributed by atoms with Crippen molar-refractivity contribution in [2.24, 2.45) is 0 Å². The number of hydrogen-bond donors (Lipinski definition) is 0. The molecule has 222 valence electrons. The minimum Gasteiger partial charge on any atom is -0.490 e. The number of allylic oxidation sites excluding steroid dienone is 4. The fourth-order valence-electron chi connectivity index (χ4n) is 5.96. The average molecular weight is 708 g/mol. The van der Waals surface area contributed by atoms with Gasteiger partial charge in [-0.05, 0) is 92.6 Å². The van der Waals surface area contributed by atoms with Gasteiger partial charge in [0.1, 0.15) is 30.5 Å². The van der Waals surface area contributed by atoms with E-state index in [9.17, 15) is 9.59 Å². The Morgan fingerprint density at radius 1 is 0.721 bits per heavy atom.